The van der Waals surface area contributed by atoms with Gasteiger partial charge in [0.05, 0.1) is 17.6 Å². The van der Waals surface area contributed by atoms with Crippen LogP contribution in [-0.2, 0) is 13.1 Å². The summed E-state index contributed by atoms with van der Waals surface area (Å²) in [6.45, 7) is 3.18. The van der Waals surface area contributed by atoms with Gasteiger partial charge in [-0.15, -0.1) is 0 Å². The molecule has 32 heavy (non-hydrogen) atoms. The van der Waals surface area contributed by atoms with Crippen LogP contribution in [0.5, 0.6) is 0 Å². The molecule has 0 bridgehead atoms. The van der Waals surface area contributed by atoms with Crippen LogP contribution in [0.3, 0.4) is 0 Å². The molecule has 0 aliphatic heterocycles. The first kappa shape index (κ1) is 22.8. The number of rotatable bonds is 6. The van der Waals surface area contributed by atoms with Crippen molar-refractivity contribution in [3.05, 3.63) is 92.1 Å². The smallest absolute Gasteiger partial charge is 0.177 e. The normalized spacial score (nSPS) is 10.9. The fraction of sp³-hybridized carbons (Fsp3) is 0.136. The van der Waals surface area contributed by atoms with Crippen molar-refractivity contribution in [3.63, 3.8) is 0 Å². The number of aryl methyl sites for hydroxylation is 1. The third kappa shape index (κ3) is 5.69. The highest BCUT2D eigenvalue weighted by molar-refractivity contribution is 9.10. The van der Waals surface area contributed by atoms with Crippen LogP contribution in [0.15, 0.2) is 65.4 Å². The fourth-order valence-electron chi connectivity index (χ4n) is 3.06. The Kier molecular flexibility index (Phi) is 7.15. The lowest BCUT2D eigenvalue weighted by atomic mass is 10.1. The number of thiocarbonyl (C=S) groups is 1. The van der Waals surface area contributed by atoms with Gasteiger partial charge in [0, 0.05) is 34.1 Å². The first-order valence-corrected chi connectivity index (χ1v) is 11.7. The van der Waals surface area contributed by atoms with E-state index in [9.17, 15) is 0 Å². The molecule has 2 N–H and O–H groups in total. The Labute approximate surface area is 209 Å². The molecule has 0 saturated carbocycles. The van der Waals surface area contributed by atoms with E-state index < -0.39 is 0 Å². The molecule has 0 radical (unpaired) electrons. The summed E-state index contributed by atoms with van der Waals surface area (Å²) in [6, 6.07) is 15.6. The van der Waals surface area contributed by atoms with Crippen LogP contribution in [0.4, 0.5) is 11.6 Å². The topological polar surface area (TPSA) is 59.7 Å². The summed E-state index contributed by atoms with van der Waals surface area (Å²) >= 11 is 21.5. The van der Waals surface area contributed by atoms with E-state index in [4.69, 9.17) is 35.4 Å². The summed E-state index contributed by atoms with van der Waals surface area (Å²) in [6.07, 6.45) is 3.74. The van der Waals surface area contributed by atoms with Gasteiger partial charge >= 0.3 is 0 Å². The zero-order chi connectivity index (χ0) is 22.7. The van der Waals surface area contributed by atoms with Crippen LogP contribution >= 0.6 is 51.3 Å². The summed E-state index contributed by atoms with van der Waals surface area (Å²) in [7, 11) is 0. The maximum atomic E-state index is 6.25. The number of halogens is 3. The molecule has 4 rings (SSSR count). The average molecular weight is 550 g/mol. The Bertz CT molecular complexity index is 1230. The minimum atomic E-state index is 0.382. The summed E-state index contributed by atoms with van der Waals surface area (Å²) in [5.41, 5.74) is 3.21. The molecule has 2 aromatic heterocycles. The minimum absolute atomic E-state index is 0.382. The Morgan fingerprint density at radius 1 is 0.969 bits per heavy atom. The first-order chi connectivity index (χ1) is 15.4. The number of hydrogen-bond donors (Lipinski definition) is 2. The summed E-state index contributed by atoms with van der Waals surface area (Å²) in [5.74, 6) is 1.22. The van der Waals surface area contributed by atoms with E-state index in [0.717, 1.165) is 10.0 Å². The first-order valence-electron chi connectivity index (χ1n) is 9.70. The van der Waals surface area contributed by atoms with Crippen molar-refractivity contribution in [2.24, 2.45) is 0 Å². The predicted octanol–water partition coefficient (Wildman–Crippen LogP) is 6.36. The van der Waals surface area contributed by atoms with Crippen molar-refractivity contribution in [1.29, 1.82) is 0 Å². The van der Waals surface area contributed by atoms with Gasteiger partial charge in [0.2, 0.25) is 0 Å². The van der Waals surface area contributed by atoms with E-state index in [1.807, 2.05) is 29.2 Å². The van der Waals surface area contributed by atoms with Crippen LogP contribution < -0.4 is 10.6 Å². The van der Waals surface area contributed by atoms with Crippen molar-refractivity contribution in [1.82, 2.24) is 19.6 Å². The number of benzene rings is 2. The number of aromatic nitrogens is 4. The van der Waals surface area contributed by atoms with Crippen LogP contribution in [0.1, 0.15) is 16.7 Å². The van der Waals surface area contributed by atoms with Crippen LogP contribution in [-0.4, -0.2) is 24.7 Å². The van der Waals surface area contributed by atoms with Crippen LogP contribution in [0.2, 0.25) is 10.0 Å². The standard InChI is InChI=1S/C22H19BrCl2N6S/c1-14-5-7-15(8-6-14)11-31-13-17(23)21(29-31)27-22(32)26-20-9-10-30(28-20)12-16-18(24)3-2-4-19(16)25/h2-10,13H,11-12H2,1H3,(H2,26,27,28,29,32). The second-order valence-corrected chi connectivity index (χ2v) is 9.26. The molecule has 0 spiro atoms. The fourth-order valence-corrected chi connectivity index (χ4v) is 4.19. The molecule has 2 heterocycles. The van der Waals surface area contributed by atoms with Gasteiger partial charge in [-0.05, 0) is 52.8 Å². The second kappa shape index (κ2) is 10.0. The number of hydrogen-bond acceptors (Lipinski definition) is 3. The van der Waals surface area contributed by atoms with E-state index >= 15 is 0 Å². The van der Waals surface area contributed by atoms with Gasteiger partial charge in [-0.3, -0.25) is 9.36 Å². The van der Waals surface area contributed by atoms with E-state index in [0.29, 0.717) is 39.9 Å². The predicted molar refractivity (Wildman–Crippen MR) is 138 cm³/mol. The molecule has 0 amide bonds. The third-order valence-corrected chi connectivity index (χ3v) is 6.17. The lowest BCUT2D eigenvalue weighted by molar-refractivity contribution is 0.689. The molecule has 6 nitrogen and oxygen atoms in total. The van der Waals surface area contributed by atoms with Gasteiger partial charge in [-0.25, -0.2) is 0 Å². The van der Waals surface area contributed by atoms with Gasteiger partial charge < -0.3 is 10.6 Å². The summed E-state index contributed by atoms with van der Waals surface area (Å²) < 4.78 is 4.40. The highest BCUT2D eigenvalue weighted by Gasteiger charge is 2.11. The van der Waals surface area contributed by atoms with Crippen molar-refractivity contribution in [2.75, 3.05) is 10.6 Å². The maximum Gasteiger partial charge on any atom is 0.177 e. The molecule has 164 valence electrons. The molecule has 0 saturated heterocycles. The molecule has 0 aliphatic rings. The Hall–Kier alpha value is -2.39. The highest BCUT2D eigenvalue weighted by Crippen LogP contribution is 2.25. The largest absolute Gasteiger partial charge is 0.316 e. The van der Waals surface area contributed by atoms with E-state index in [2.05, 4.69) is 68.0 Å². The molecular formula is C22H19BrCl2N6S. The maximum absolute atomic E-state index is 6.25. The number of nitrogens with one attached hydrogen (secondary N) is 2. The third-order valence-electron chi connectivity index (χ3n) is 4.68. The molecule has 0 aliphatic carbocycles. The van der Waals surface area contributed by atoms with Gasteiger partial charge in [-0.2, -0.15) is 10.2 Å². The average Bonchev–Trinajstić information content (AvgIpc) is 3.32. The molecule has 0 fully saturated rings. The van der Waals surface area contributed by atoms with Crippen LogP contribution in [0.25, 0.3) is 0 Å². The zero-order valence-corrected chi connectivity index (χ0v) is 20.9. The Morgan fingerprint density at radius 3 is 2.41 bits per heavy atom. The van der Waals surface area contributed by atoms with Crippen molar-refractivity contribution < 1.29 is 0 Å². The molecule has 0 atom stereocenters. The molecular weight excluding hydrogens is 531 g/mol. The summed E-state index contributed by atoms with van der Waals surface area (Å²) in [5, 5.41) is 16.8. The SMILES string of the molecule is Cc1ccc(Cn2cc(Br)c(NC(=S)Nc3ccn(Cc4c(Cl)cccc4Cl)n3)n2)cc1. The van der Waals surface area contributed by atoms with E-state index in [1.54, 1.807) is 16.8 Å². The molecule has 10 heteroatoms. The van der Waals surface area contributed by atoms with E-state index in [-0.39, 0.29) is 0 Å². The lowest BCUT2D eigenvalue weighted by Crippen LogP contribution is -2.20. The van der Waals surface area contributed by atoms with Crippen molar-refractivity contribution in [3.8, 4) is 0 Å². The number of nitrogens with zero attached hydrogens (tertiary/aromatic N) is 4. The second-order valence-electron chi connectivity index (χ2n) is 7.19. The van der Waals surface area contributed by atoms with Gasteiger partial charge in [-0.1, -0.05) is 59.1 Å². The van der Waals surface area contributed by atoms with Crippen molar-refractivity contribution >= 4 is 68.1 Å². The molecule has 0 unspecified atom stereocenters. The Balaban J connectivity index is 1.37. The zero-order valence-electron chi connectivity index (χ0n) is 17.0. The van der Waals surface area contributed by atoms with Gasteiger partial charge in [0.25, 0.3) is 0 Å². The van der Waals surface area contributed by atoms with Crippen LogP contribution in [0, 0.1) is 6.92 Å². The van der Waals surface area contributed by atoms with E-state index in [1.165, 1.54) is 11.1 Å². The lowest BCUT2D eigenvalue weighted by Gasteiger charge is -2.08. The Morgan fingerprint density at radius 2 is 1.69 bits per heavy atom. The van der Waals surface area contributed by atoms with Crippen molar-refractivity contribution in [2.45, 2.75) is 20.0 Å². The monoisotopic (exact) mass is 548 g/mol. The van der Waals surface area contributed by atoms with Gasteiger partial charge in [0.15, 0.2) is 16.7 Å². The molecule has 4 aromatic rings. The summed E-state index contributed by atoms with van der Waals surface area (Å²) in [4.78, 5) is 0. The number of anilines is 2. The molecule has 2 aromatic carbocycles. The highest BCUT2D eigenvalue weighted by atomic mass is 79.9. The quantitative estimate of drug-likeness (QED) is 0.274. The van der Waals surface area contributed by atoms with Gasteiger partial charge in [0.1, 0.15) is 0 Å². The minimum Gasteiger partial charge on any atom is -0.316 e.